The molecule has 33 heavy (non-hydrogen) atoms. The van der Waals surface area contributed by atoms with Gasteiger partial charge in [-0.05, 0) is 41.3 Å². The van der Waals surface area contributed by atoms with Crippen LogP contribution in [0.3, 0.4) is 0 Å². The second-order valence-corrected chi connectivity index (χ2v) is 7.75. The minimum absolute atomic E-state index is 0.0375. The molecule has 0 unspecified atom stereocenters. The van der Waals surface area contributed by atoms with Crippen LogP contribution in [0.5, 0.6) is 0 Å². The summed E-state index contributed by atoms with van der Waals surface area (Å²) in [6.45, 7) is 1.64. The number of aliphatic carboxylic acids is 1. The Morgan fingerprint density at radius 2 is 1.67 bits per heavy atom. The lowest BCUT2D eigenvalue weighted by Crippen LogP contribution is -2.38. The van der Waals surface area contributed by atoms with E-state index in [1.54, 1.807) is 0 Å². The fourth-order valence-corrected chi connectivity index (χ4v) is 3.87. The number of carboxylic acid groups (broad SMARTS) is 1. The van der Waals surface area contributed by atoms with Crippen LogP contribution in [0.4, 0.5) is 4.79 Å². The standard InChI is InChI=1S/C25H23N3O5/c1-15(24(30)31)28-23(29)16-10-11-26-17(12-16)13-27-25(32)33-14-22-20-8-4-2-6-18(20)19-7-3-5-9-21(19)22/h2-12,15,22H,13-14H2,1H3,(H,27,32)(H,28,29)(H,30,31)/t15-/m1/s1. The Morgan fingerprint density at radius 1 is 1.03 bits per heavy atom. The van der Waals surface area contributed by atoms with E-state index < -0.39 is 24.0 Å². The van der Waals surface area contributed by atoms with Gasteiger partial charge in [0.1, 0.15) is 12.6 Å². The molecule has 2 aromatic carbocycles. The largest absolute Gasteiger partial charge is 0.480 e. The van der Waals surface area contributed by atoms with Crippen molar-refractivity contribution < 1.29 is 24.2 Å². The van der Waals surface area contributed by atoms with Crippen LogP contribution in [0.2, 0.25) is 0 Å². The van der Waals surface area contributed by atoms with Crippen LogP contribution in [0.1, 0.15) is 40.0 Å². The van der Waals surface area contributed by atoms with E-state index in [1.165, 1.54) is 25.3 Å². The first kappa shape index (κ1) is 22.0. The zero-order valence-electron chi connectivity index (χ0n) is 17.9. The molecule has 1 heterocycles. The summed E-state index contributed by atoms with van der Waals surface area (Å²) in [6.07, 6.45) is 0.836. The highest BCUT2D eigenvalue weighted by molar-refractivity contribution is 5.96. The number of carbonyl (C=O) groups excluding carboxylic acids is 2. The molecule has 0 fully saturated rings. The number of hydrogen-bond donors (Lipinski definition) is 3. The molecule has 4 rings (SSSR count). The normalized spacial score (nSPS) is 12.9. The SMILES string of the molecule is C[C@@H](NC(=O)c1ccnc(CNC(=O)OCC2c3ccccc3-c3ccccc32)c1)C(=O)O. The maximum atomic E-state index is 12.3. The van der Waals surface area contributed by atoms with Crippen molar-refractivity contribution >= 4 is 18.0 Å². The van der Waals surface area contributed by atoms with Gasteiger partial charge in [0.15, 0.2) is 0 Å². The summed E-state index contributed by atoms with van der Waals surface area (Å²) in [5, 5.41) is 14.0. The Hall–Kier alpha value is -4.20. The lowest BCUT2D eigenvalue weighted by molar-refractivity contribution is -0.138. The number of fused-ring (bicyclic) bond motifs is 3. The van der Waals surface area contributed by atoms with Crippen LogP contribution >= 0.6 is 0 Å². The Labute approximate surface area is 190 Å². The van der Waals surface area contributed by atoms with Gasteiger partial charge in [-0.15, -0.1) is 0 Å². The number of hydrogen-bond acceptors (Lipinski definition) is 5. The molecule has 8 nitrogen and oxygen atoms in total. The zero-order valence-corrected chi connectivity index (χ0v) is 17.9. The number of ether oxygens (including phenoxy) is 1. The van der Waals surface area contributed by atoms with E-state index in [0.29, 0.717) is 5.69 Å². The maximum Gasteiger partial charge on any atom is 0.407 e. The lowest BCUT2D eigenvalue weighted by atomic mass is 9.98. The van der Waals surface area contributed by atoms with Crippen molar-refractivity contribution in [3.8, 4) is 11.1 Å². The molecular formula is C25H23N3O5. The molecule has 168 valence electrons. The molecule has 0 spiro atoms. The zero-order chi connectivity index (χ0) is 23.4. The molecule has 0 saturated carbocycles. The number of nitrogens with zero attached hydrogens (tertiary/aromatic N) is 1. The number of nitrogens with one attached hydrogen (secondary N) is 2. The van der Waals surface area contributed by atoms with Crippen molar-refractivity contribution in [3.63, 3.8) is 0 Å². The van der Waals surface area contributed by atoms with Crippen molar-refractivity contribution in [2.24, 2.45) is 0 Å². The van der Waals surface area contributed by atoms with E-state index in [-0.39, 0.29) is 24.6 Å². The van der Waals surface area contributed by atoms with Gasteiger partial charge in [0.25, 0.3) is 5.91 Å². The number of amides is 2. The molecule has 0 saturated heterocycles. The molecule has 0 radical (unpaired) electrons. The molecule has 0 bridgehead atoms. The topological polar surface area (TPSA) is 118 Å². The highest BCUT2D eigenvalue weighted by Gasteiger charge is 2.29. The van der Waals surface area contributed by atoms with E-state index >= 15 is 0 Å². The first-order valence-corrected chi connectivity index (χ1v) is 10.5. The summed E-state index contributed by atoms with van der Waals surface area (Å²) in [5.41, 5.74) is 5.25. The number of carboxylic acids is 1. The molecule has 2 amide bonds. The molecule has 3 aromatic rings. The predicted molar refractivity (Wildman–Crippen MR) is 121 cm³/mol. The quantitative estimate of drug-likeness (QED) is 0.514. The maximum absolute atomic E-state index is 12.3. The van der Waals surface area contributed by atoms with Crippen molar-refractivity contribution in [3.05, 3.63) is 89.2 Å². The van der Waals surface area contributed by atoms with Crippen molar-refractivity contribution in [2.45, 2.75) is 25.4 Å². The summed E-state index contributed by atoms with van der Waals surface area (Å²) in [5.74, 6) is -1.70. The van der Waals surface area contributed by atoms with Gasteiger partial charge in [-0.1, -0.05) is 48.5 Å². The minimum Gasteiger partial charge on any atom is -0.480 e. The first-order valence-electron chi connectivity index (χ1n) is 10.5. The predicted octanol–water partition coefficient (Wildman–Crippen LogP) is 3.32. The average molecular weight is 445 g/mol. The molecular weight excluding hydrogens is 422 g/mol. The summed E-state index contributed by atoms with van der Waals surface area (Å²) in [7, 11) is 0. The molecule has 8 heteroatoms. The Balaban J connectivity index is 1.34. The Bertz CT molecular complexity index is 1160. The minimum atomic E-state index is -1.13. The highest BCUT2D eigenvalue weighted by atomic mass is 16.5. The highest BCUT2D eigenvalue weighted by Crippen LogP contribution is 2.44. The number of benzene rings is 2. The number of pyridine rings is 1. The van der Waals surface area contributed by atoms with Crippen LogP contribution < -0.4 is 10.6 Å². The van der Waals surface area contributed by atoms with E-state index in [9.17, 15) is 14.4 Å². The fourth-order valence-electron chi connectivity index (χ4n) is 3.87. The number of carbonyl (C=O) groups is 3. The summed E-state index contributed by atoms with van der Waals surface area (Å²) < 4.78 is 5.50. The van der Waals surface area contributed by atoms with Crippen LogP contribution in [0.15, 0.2) is 66.9 Å². The average Bonchev–Trinajstić information content (AvgIpc) is 3.15. The molecule has 1 atom stereocenters. The third-order valence-corrected chi connectivity index (χ3v) is 5.55. The van der Waals surface area contributed by atoms with Gasteiger partial charge < -0.3 is 20.5 Å². The lowest BCUT2D eigenvalue weighted by Gasteiger charge is -2.14. The Morgan fingerprint density at radius 3 is 2.30 bits per heavy atom. The smallest absolute Gasteiger partial charge is 0.407 e. The van der Waals surface area contributed by atoms with E-state index in [1.807, 2.05) is 36.4 Å². The van der Waals surface area contributed by atoms with Crippen molar-refractivity contribution in [1.82, 2.24) is 15.6 Å². The molecule has 3 N–H and O–H groups in total. The van der Waals surface area contributed by atoms with Crippen LogP contribution in [-0.4, -0.2) is 40.7 Å². The molecule has 1 aliphatic rings. The van der Waals surface area contributed by atoms with E-state index in [2.05, 4.69) is 27.8 Å². The van der Waals surface area contributed by atoms with Crippen LogP contribution in [0.25, 0.3) is 11.1 Å². The molecule has 1 aliphatic carbocycles. The number of rotatable bonds is 7. The monoisotopic (exact) mass is 445 g/mol. The summed E-state index contributed by atoms with van der Waals surface area (Å²) in [6, 6.07) is 18.1. The summed E-state index contributed by atoms with van der Waals surface area (Å²) in [4.78, 5) is 39.6. The van der Waals surface area contributed by atoms with Gasteiger partial charge in [0.05, 0.1) is 12.2 Å². The van der Waals surface area contributed by atoms with Gasteiger partial charge in [0, 0.05) is 17.7 Å². The van der Waals surface area contributed by atoms with Gasteiger partial charge in [-0.3, -0.25) is 14.6 Å². The van der Waals surface area contributed by atoms with Gasteiger partial charge in [0.2, 0.25) is 0 Å². The van der Waals surface area contributed by atoms with Crippen LogP contribution in [0, 0.1) is 0 Å². The van der Waals surface area contributed by atoms with Gasteiger partial charge in [-0.25, -0.2) is 4.79 Å². The van der Waals surface area contributed by atoms with Crippen molar-refractivity contribution in [1.29, 1.82) is 0 Å². The number of alkyl carbamates (subject to hydrolysis) is 1. The van der Waals surface area contributed by atoms with E-state index in [4.69, 9.17) is 9.84 Å². The second kappa shape index (κ2) is 9.52. The Kier molecular flexibility index (Phi) is 6.35. The third kappa shape index (κ3) is 4.85. The number of aromatic nitrogens is 1. The molecule has 1 aromatic heterocycles. The van der Waals surface area contributed by atoms with Crippen LogP contribution in [-0.2, 0) is 16.1 Å². The summed E-state index contributed by atoms with van der Waals surface area (Å²) >= 11 is 0. The first-order chi connectivity index (χ1) is 15.9. The fraction of sp³-hybridized carbons (Fsp3) is 0.200. The molecule has 0 aliphatic heterocycles. The van der Waals surface area contributed by atoms with Crippen molar-refractivity contribution in [2.75, 3.05) is 6.61 Å². The second-order valence-electron chi connectivity index (χ2n) is 7.75. The third-order valence-electron chi connectivity index (χ3n) is 5.55. The van der Waals surface area contributed by atoms with Gasteiger partial charge in [-0.2, -0.15) is 0 Å². The van der Waals surface area contributed by atoms with E-state index in [0.717, 1.165) is 22.3 Å². The van der Waals surface area contributed by atoms with Gasteiger partial charge >= 0.3 is 12.1 Å².